The molecule has 1 aromatic heterocycles. The number of benzene rings is 1. The van der Waals surface area contributed by atoms with Gasteiger partial charge in [0.05, 0.1) is 11.1 Å². The van der Waals surface area contributed by atoms with E-state index in [1.807, 2.05) is 0 Å². The summed E-state index contributed by atoms with van der Waals surface area (Å²) in [5, 5.41) is 13.9. The molecule has 0 aliphatic carbocycles. The van der Waals surface area contributed by atoms with Crippen molar-refractivity contribution in [2.75, 3.05) is 0 Å². The number of hydrogen-bond donors (Lipinski definition) is 1. The Balaban J connectivity index is 2.92. The molecule has 14 heavy (non-hydrogen) atoms. The number of nitrogens with zero attached hydrogens (tertiary/aromatic N) is 2. The molecule has 1 N–H and O–H groups in total. The Labute approximate surface area is 84.7 Å². The first-order chi connectivity index (χ1) is 6.61. The van der Waals surface area contributed by atoms with Crippen LogP contribution in [0.2, 0.25) is 5.15 Å². The molecule has 0 amide bonds. The van der Waals surface area contributed by atoms with E-state index in [4.69, 9.17) is 16.7 Å². The highest BCUT2D eigenvalue weighted by Crippen LogP contribution is 2.24. The van der Waals surface area contributed by atoms with Gasteiger partial charge in [-0.1, -0.05) is 17.7 Å². The first-order valence-electron chi connectivity index (χ1n) is 3.96. The SMILES string of the molecule is Cn1nc(Cl)c2cccc(C(=O)O)c21. The smallest absolute Gasteiger partial charge is 0.337 e. The Morgan fingerprint density at radius 1 is 1.57 bits per heavy atom. The Kier molecular flexibility index (Phi) is 1.93. The molecule has 0 spiro atoms. The summed E-state index contributed by atoms with van der Waals surface area (Å²) in [4.78, 5) is 10.9. The Hall–Kier alpha value is -1.55. The van der Waals surface area contributed by atoms with E-state index in [-0.39, 0.29) is 5.56 Å². The molecule has 0 bridgehead atoms. The summed E-state index contributed by atoms with van der Waals surface area (Å²) in [5.41, 5.74) is 0.759. The molecule has 0 atom stereocenters. The summed E-state index contributed by atoms with van der Waals surface area (Å²) in [6.45, 7) is 0. The number of carbonyl (C=O) groups is 1. The van der Waals surface area contributed by atoms with Gasteiger partial charge in [-0.25, -0.2) is 4.79 Å². The standard InChI is InChI=1S/C9H7ClN2O2/c1-12-7-5(8(10)11-12)3-2-4-6(7)9(13)14/h2-4H,1H3,(H,13,14). The van der Waals surface area contributed by atoms with Crippen molar-refractivity contribution < 1.29 is 9.90 Å². The van der Waals surface area contributed by atoms with Gasteiger partial charge in [0.25, 0.3) is 0 Å². The number of carboxylic acid groups (broad SMARTS) is 1. The van der Waals surface area contributed by atoms with Crippen LogP contribution in [0.25, 0.3) is 10.9 Å². The van der Waals surface area contributed by atoms with E-state index in [0.717, 1.165) is 0 Å². The maximum Gasteiger partial charge on any atom is 0.337 e. The summed E-state index contributed by atoms with van der Waals surface area (Å²) < 4.78 is 1.47. The molecule has 0 unspecified atom stereocenters. The molecule has 2 aromatic rings. The van der Waals surface area contributed by atoms with Crippen molar-refractivity contribution >= 4 is 28.5 Å². The minimum Gasteiger partial charge on any atom is -0.478 e. The number of rotatable bonds is 1. The van der Waals surface area contributed by atoms with E-state index in [9.17, 15) is 4.79 Å². The normalized spacial score (nSPS) is 10.7. The van der Waals surface area contributed by atoms with Crippen molar-refractivity contribution in [3.05, 3.63) is 28.9 Å². The number of hydrogen-bond acceptors (Lipinski definition) is 2. The van der Waals surface area contributed by atoms with Crippen LogP contribution in [0.3, 0.4) is 0 Å². The first-order valence-corrected chi connectivity index (χ1v) is 4.33. The predicted molar refractivity (Wildman–Crippen MR) is 52.7 cm³/mol. The van der Waals surface area contributed by atoms with Crippen LogP contribution in [0.1, 0.15) is 10.4 Å². The highest BCUT2D eigenvalue weighted by molar-refractivity contribution is 6.34. The van der Waals surface area contributed by atoms with E-state index in [1.165, 1.54) is 10.7 Å². The molecule has 0 radical (unpaired) electrons. The van der Waals surface area contributed by atoms with Gasteiger partial charge in [-0.05, 0) is 12.1 Å². The fourth-order valence-electron chi connectivity index (χ4n) is 1.47. The summed E-state index contributed by atoms with van der Waals surface area (Å²) >= 11 is 5.83. The van der Waals surface area contributed by atoms with Gasteiger partial charge in [-0.3, -0.25) is 4.68 Å². The molecule has 4 nitrogen and oxygen atoms in total. The van der Waals surface area contributed by atoms with Gasteiger partial charge < -0.3 is 5.11 Å². The van der Waals surface area contributed by atoms with Crippen LogP contribution in [0.4, 0.5) is 0 Å². The fourth-order valence-corrected chi connectivity index (χ4v) is 1.73. The summed E-state index contributed by atoms with van der Waals surface area (Å²) in [6, 6.07) is 4.93. The lowest BCUT2D eigenvalue weighted by Crippen LogP contribution is -2.00. The van der Waals surface area contributed by atoms with E-state index < -0.39 is 5.97 Å². The highest BCUT2D eigenvalue weighted by Gasteiger charge is 2.14. The Morgan fingerprint density at radius 3 is 2.93 bits per heavy atom. The summed E-state index contributed by atoms with van der Waals surface area (Å²) in [5.74, 6) is -0.977. The van der Waals surface area contributed by atoms with Gasteiger partial charge in [-0.15, -0.1) is 0 Å². The largest absolute Gasteiger partial charge is 0.478 e. The lowest BCUT2D eigenvalue weighted by Gasteiger charge is -1.98. The lowest BCUT2D eigenvalue weighted by molar-refractivity contribution is 0.0698. The van der Waals surface area contributed by atoms with Crippen LogP contribution >= 0.6 is 11.6 Å². The van der Waals surface area contributed by atoms with Gasteiger partial charge in [-0.2, -0.15) is 5.10 Å². The van der Waals surface area contributed by atoms with Gasteiger partial charge in [0.15, 0.2) is 5.15 Å². The van der Waals surface area contributed by atoms with Crippen molar-refractivity contribution in [2.45, 2.75) is 0 Å². The topological polar surface area (TPSA) is 55.1 Å². The average Bonchev–Trinajstić information content (AvgIpc) is 2.43. The molecule has 0 saturated heterocycles. The molecule has 0 saturated carbocycles. The van der Waals surface area contributed by atoms with Crippen molar-refractivity contribution in [1.29, 1.82) is 0 Å². The minimum atomic E-state index is -0.977. The zero-order valence-corrected chi connectivity index (χ0v) is 8.12. The predicted octanol–water partition coefficient (Wildman–Crippen LogP) is 1.92. The van der Waals surface area contributed by atoms with Crippen LogP contribution in [-0.4, -0.2) is 20.9 Å². The van der Waals surface area contributed by atoms with Crippen molar-refractivity contribution in [2.24, 2.45) is 7.05 Å². The number of aromatic nitrogens is 2. The molecule has 1 aromatic carbocycles. The second kappa shape index (κ2) is 2.99. The molecular formula is C9H7ClN2O2. The zero-order chi connectivity index (χ0) is 10.3. The van der Waals surface area contributed by atoms with Crippen LogP contribution in [0.15, 0.2) is 18.2 Å². The molecule has 5 heteroatoms. The quantitative estimate of drug-likeness (QED) is 0.783. The minimum absolute atomic E-state index is 0.212. The Bertz CT molecular complexity index is 519. The van der Waals surface area contributed by atoms with Gasteiger partial charge in [0.1, 0.15) is 0 Å². The summed E-state index contributed by atoms with van der Waals surface area (Å²) in [7, 11) is 1.67. The van der Waals surface area contributed by atoms with Crippen LogP contribution in [0.5, 0.6) is 0 Å². The fraction of sp³-hybridized carbons (Fsp3) is 0.111. The number of carboxylic acids is 1. The molecule has 0 aliphatic rings. The van der Waals surface area contributed by atoms with Crippen molar-refractivity contribution in [3.63, 3.8) is 0 Å². The molecule has 72 valence electrons. The molecule has 1 heterocycles. The number of para-hydroxylation sites is 1. The third-order valence-corrected chi connectivity index (χ3v) is 2.33. The highest BCUT2D eigenvalue weighted by atomic mass is 35.5. The second-order valence-electron chi connectivity index (χ2n) is 2.92. The van der Waals surface area contributed by atoms with E-state index in [0.29, 0.717) is 16.1 Å². The number of fused-ring (bicyclic) bond motifs is 1. The molecule has 0 aliphatic heterocycles. The third-order valence-electron chi connectivity index (χ3n) is 2.05. The third kappa shape index (κ3) is 1.15. The number of halogens is 1. The monoisotopic (exact) mass is 210 g/mol. The maximum absolute atomic E-state index is 10.9. The van der Waals surface area contributed by atoms with E-state index in [2.05, 4.69) is 5.10 Å². The van der Waals surface area contributed by atoms with Crippen molar-refractivity contribution in [1.82, 2.24) is 9.78 Å². The average molecular weight is 211 g/mol. The number of aromatic carboxylic acids is 1. The Morgan fingerprint density at radius 2 is 2.29 bits per heavy atom. The number of aryl methyl sites for hydroxylation is 1. The van der Waals surface area contributed by atoms with Gasteiger partial charge >= 0.3 is 5.97 Å². The first kappa shape index (κ1) is 9.02. The maximum atomic E-state index is 10.9. The van der Waals surface area contributed by atoms with Gasteiger partial charge in [0.2, 0.25) is 0 Å². The van der Waals surface area contributed by atoms with E-state index in [1.54, 1.807) is 19.2 Å². The van der Waals surface area contributed by atoms with Gasteiger partial charge in [0, 0.05) is 12.4 Å². The molecule has 0 fully saturated rings. The lowest BCUT2D eigenvalue weighted by atomic mass is 10.1. The van der Waals surface area contributed by atoms with Crippen LogP contribution < -0.4 is 0 Å². The molecular weight excluding hydrogens is 204 g/mol. The van der Waals surface area contributed by atoms with E-state index >= 15 is 0 Å². The molecule has 2 rings (SSSR count). The van der Waals surface area contributed by atoms with Crippen LogP contribution in [0, 0.1) is 0 Å². The zero-order valence-electron chi connectivity index (χ0n) is 7.36. The second-order valence-corrected chi connectivity index (χ2v) is 3.28. The van der Waals surface area contributed by atoms with Crippen molar-refractivity contribution in [3.8, 4) is 0 Å². The summed E-state index contributed by atoms with van der Waals surface area (Å²) in [6.07, 6.45) is 0. The van der Waals surface area contributed by atoms with Crippen LogP contribution in [-0.2, 0) is 7.05 Å².